The van der Waals surface area contributed by atoms with Crippen molar-refractivity contribution in [1.82, 2.24) is 5.32 Å². The molecule has 2 heterocycles. The van der Waals surface area contributed by atoms with Gasteiger partial charge in [-0.3, -0.25) is 4.79 Å². The Morgan fingerprint density at radius 3 is 3.06 bits per heavy atom. The van der Waals surface area contributed by atoms with Crippen molar-refractivity contribution >= 4 is 5.78 Å². The van der Waals surface area contributed by atoms with Gasteiger partial charge in [-0.05, 0) is 24.7 Å². The molecule has 0 unspecified atom stereocenters. The van der Waals surface area contributed by atoms with Crippen LogP contribution in [0.5, 0.6) is 5.75 Å². The Kier molecular flexibility index (Phi) is 2.01. The van der Waals surface area contributed by atoms with E-state index in [0.717, 1.165) is 13.0 Å². The van der Waals surface area contributed by atoms with Gasteiger partial charge in [-0.15, -0.1) is 0 Å². The number of rotatable bonds is 0. The van der Waals surface area contributed by atoms with Crippen LogP contribution in [-0.2, 0) is 0 Å². The molecule has 3 rings (SSSR count). The van der Waals surface area contributed by atoms with E-state index in [1.54, 1.807) is 6.07 Å². The molecule has 1 aromatic rings. The molecule has 1 N–H and O–H groups in total. The topological polar surface area (TPSA) is 38.3 Å². The second kappa shape index (κ2) is 3.28. The first-order chi connectivity index (χ1) is 7.69. The Balaban J connectivity index is 2.02. The molecule has 1 atom stereocenters. The van der Waals surface area contributed by atoms with Crippen molar-refractivity contribution in [2.24, 2.45) is 0 Å². The molecular weight excluding hydrogens is 209 g/mol. The second-order valence-electron chi connectivity index (χ2n) is 4.45. The summed E-state index contributed by atoms with van der Waals surface area (Å²) in [5.74, 6) is 0.0991. The van der Waals surface area contributed by atoms with Crippen LogP contribution < -0.4 is 10.1 Å². The first kappa shape index (κ1) is 9.78. The zero-order chi connectivity index (χ0) is 11.2. The number of nitrogens with one attached hydrogen (secondary N) is 1. The summed E-state index contributed by atoms with van der Waals surface area (Å²) in [6.07, 6.45) is 1.17. The van der Waals surface area contributed by atoms with Gasteiger partial charge in [-0.2, -0.15) is 0 Å². The second-order valence-corrected chi connectivity index (χ2v) is 4.45. The third-order valence-corrected chi connectivity index (χ3v) is 3.26. The van der Waals surface area contributed by atoms with E-state index in [4.69, 9.17) is 4.74 Å². The Labute approximate surface area is 92.6 Å². The molecule has 1 spiro atoms. The maximum atomic E-state index is 13.0. The van der Waals surface area contributed by atoms with Crippen LogP contribution in [0.3, 0.4) is 0 Å². The van der Waals surface area contributed by atoms with Gasteiger partial charge in [0.25, 0.3) is 0 Å². The Hall–Kier alpha value is -1.42. The number of hydrogen-bond donors (Lipinski definition) is 1. The van der Waals surface area contributed by atoms with Gasteiger partial charge in [0.2, 0.25) is 0 Å². The number of Topliss-reactive ketones (excluding diaryl/α,β-unsaturated/α-hetero) is 1. The molecule has 84 valence electrons. The molecule has 4 heteroatoms. The minimum Gasteiger partial charge on any atom is -0.485 e. The predicted octanol–water partition coefficient (Wildman–Crippen LogP) is 1.52. The van der Waals surface area contributed by atoms with Crippen LogP contribution in [0.1, 0.15) is 23.2 Å². The summed E-state index contributed by atoms with van der Waals surface area (Å²) >= 11 is 0. The van der Waals surface area contributed by atoms with Crippen molar-refractivity contribution in [3.63, 3.8) is 0 Å². The van der Waals surface area contributed by atoms with Crippen LogP contribution >= 0.6 is 0 Å². The molecule has 0 radical (unpaired) electrons. The summed E-state index contributed by atoms with van der Waals surface area (Å²) in [6.45, 7) is 1.55. The molecule has 0 bridgehead atoms. The molecule has 0 aromatic heterocycles. The first-order valence-corrected chi connectivity index (χ1v) is 5.41. The van der Waals surface area contributed by atoms with Crippen molar-refractivity contribution in [2.45, 2.75) is 18.4 Å². The van der Waals surface area contributed by atoms with Gasteiger partial charge in [0.05, 0.1) is 12.0 Å². The Morgan fingerprint density at radius 2 is 2.31 bits per heavy atom. The Morgan fingerprint density at radius 1 is 1.44 bits per heavy atom. The monoisotopic (exact) mass is 221 g/mol. The molecule has 1 fully saturated rings. The number of benzene rings is 1. The molecule has 2 aliphatic rings. The van der Waals surface area contributed by atoms with E-state index in [2.05, 4.69) is 5.32 Å². The highest BCUT2D eigenvalue weighted by Crippen LogP contribution is 2.36. The minimum atomic E-state index is -0.401. The number of hydrogen-bond acceptors (Lipinski definition) is 3. The van der Waals surface area contributed by atoms with Crippen LogP contribution in [0.4, 0.5) is 4.39 Å². The smallest absolute Gasteiger partial charge is 0.170 e. The molecule has 1 aromatic carbocycles. The molecule has 0 saturated carbocycles. The number of halogens is 1. The van der Waals surface area contributed by atoms with Crippen molar-refractivity contribution in [1.29, 1.82) is 0 Å². The largest absolute Gasteiger partial charge is 0.485 e. The van der Waals surface area contributed by atoms with Crippen LogP contribution in [0.15, 0.2) is 18.2 Å². The van der Waals surface area contributed by atoms with Crippen LogP contribution in [0.25, 0.3) is 0 Å². The minimum absolute atomic E-state index is 0.0237. The van der Waals surface area contributed by atoms with Gasteiger partial charge >= 0.3 is 0 Å². The predicted molar refractivity (Wildman–Crippen MR) is 56.2 cm³/mol. The van der Waals surface area contributed by atoms with E-state index in [1.165, 1.54) is 12.1 Å². The number of carbonyl (C=O) groups is 1. The number of ketones is 1. The summed E-state index contributed by atoms with van der Waals surface area (Å²) in [5.41, 5.74) is -0.0282. The molecule has 2 aliphatic heterocycles. The quantitative estimate of drug-likeness (QED) is 0.722. The highest BCUT2D eigenvalue weighted by atomic mass is 19.1. The fourth-order valence-electron chi connectivity index (χ4n) is 2.43. The summed E-state index contributed by atoms with van der Waals surface area (Å²) in [5, 5.41) is 3.19. The molecule has 1 saturated heterocycles. The summed E-state index contributed by atoms with van der Waals surface area (Å²) < 4.78 is 18.9. The Bertz CT molecular complexity index is 452. The van der Waals surface area contributed by atoms with Crippen molar-refractivity contribution in [3.05, 3.63) is 29.6 Å². The first-order valence-electron chi connectivity index (χ1n) is 5.41. The molecule has 16 heavy (non-hydrogen) atoms. The van der Waals surface area contributed by atoms with Crippen molar-refractivity contribution < 1.29 is 13.9 Å². The summed E-state index contributed by atoms with van der Waals surface area (Å²) in [4.78, 5) is 11.9. The fraction of sp³-hybridized carbons (Fsp3) is 0.417. The van der Waals surface area contributed by atoms with E-state index in [-0.39, 0.29) is 5.78 Å². The third-order valence-electron chi connectivity index (χ3n) is 3.26. The molecule has 3 nitrogen and oxygen atoms in total. The summed E-state index contributed by atoms with van der Waals surface area (Å²) in [6, 6.07) is 4.13. The van der Waals surface area contributed by atoms with Crippen LogP contribution in [0.2, 0.25) is 0 Å². The van der Waals surface area contributed by atoms with Gasteiger partial charge < -0.3 is 10.1 Å². The number of carbonyl (C=O) groups excluding carboxylic acids is 1. The highest BCUT2D eigenvalue weighted by Gasteiger charge is 2.42. The van der Waals surface area contributed by atoms with E-state index >= 15 is 0 Å². The molecule has 0 aliphatic carbocycles. The molecular formula is C12H12FNO2. The van der Waals surface area contributed by atoms with E-state index < -0.39 is 11.4 Å². The van der Waals surface area contributed by atoms with E-state index in [9.17, 15) is 9.18 Å². The van der Waals surface area contributed by atoms with Crippen LogP contribution in [0, 0.1) is 5.82 Å². The number of ether oxygens (including phenoxy) is 1. The maximum Gasteiger partial charge on any atom is 0.170 e. The lowest BCUT2D eigenvalue weighted by Gasteiger charge is -2.33. The average Bonchev–Trinajstić information content (AvgIpc) is 2.68. The average molecular weight is 221 g/mol. The van der Waals surface area contributed by atoms with Crippen LogP contribution in [-0.4, -0.2) is 24.5 Å². The third kappa shape index (κ3) is 1.41. The summed E-state index contributed by atoms with van der Waals surface area (Å²) in [7, 11) is 0. The lowest BCUT2D eigenvalue weighted by molar-refractivity contribution is 0.0527. The number of fused-ring (bicyclic) bond motifs is 1. The molecule has 0 amide bonds. The zero-order valence-corrected chi connectivity index (χ0v) is 8.75. The van der Waals surface area contributed by atoms with E-state index in [0.29, 0.717) is 24.3 Å². The van der Waals surface area contributed by atoms with Gasteiger partial charge in [0.15, 0.2) is 5.78 Å². The highest BCUT2D eigenvalue weighted by molar-refractivity contribution is 6.00. The zero-order valence-electron chi connectivity index (χ0n) is 8.75. The van der Waals surface area contributed by atoms with Crippen molar-refractivity contribution in [2.75, 3.05) is 13.1 Å². The standard InChI is InChI=1S/C12H12FNO2/c13-8-1-2-11-9(5-8)10(15)6-12(16-11)3-4-14-7-12/h1-2,5,14H,3-4,6-7H2/t12-/m1/s1. The van der Waals surface area contributed by atoms with Gasteiger partial charge in [-0.25, -0.2) is 4.39 Å². The maximum absolute atomic E-state index is 13.0. The normalized spacial score (nSPS) is 27.9. The van der Waals surface area contributed by atoms with Gasteiger partial charge in [-0.1, -0.05) is 0 Å². The van der Waals surface area contributed by atoms with E-state index in [1.807, 2.05) is 0 Å². The SMILES string of the molecule is O=C1C[C@@]2(CCNC2)Oc2ccc(F)cc21. The van der Waals surface area contributed by atoms with Crippen molar-refractivity contribution in [3.8, 4) is 5.75 Å². The fourth-order valence-corrected chi connectivity index (χ4v) is 2.43. The lowest BCUT2D eigenvalue weighted by Crippen LogP contribution is -2.43. The lowest BCUT2D eigenvalue weighted by atomic mass is 9.89. The van der Waals surface area contributed by atoms with Gasteiger partial charge in [0.1, 0.15) is 17.2 Å². The van der Waals surface area contributed by atoms with Gasteiger partial charge in [0, 0.05) is 13.0 Å².